The first-order valence-corrected chi connectivity index (χ1v) is 4.57. The molecule has 1 unspecified atom stereocenters. The lowest BCUT2D eigenvalue weighted by molar-refractivity contribution is 0.123. The summed E-state index contributed by atoms with van der Waals surface area (Å²) in [7, 11) is 0. The minimum Gasteiger partial charge on any atom is -0.380 e. The summed E-state index contributed by atoms with van der Waals surface area (Å²) in [6.45, 7) is 3.04. The highest BCUT2D eigenvalue weighted by Crippen LogP contribution is 2.12. The van der Waals surface area contributed by atoms with Crippen molar-refractivity contribution < 1.29 is 9.13 Å². The molecule has 1 aromatic carbocycles. The summed E-state index contributed by atoms with van der Waals surface area (Å²) in [4.78, 5) is 0. The highest BCUT2D eigenvalue weighted by Gasteiger charge is 2.08. The molecule has 78 valence electrons. The first-order chi connectivity index (χ1) is 6.77. The number of halogens is 1. The number of hydrazine groups is 1. The largest absolute Gasteiger partial charge is 0.380 e. The van der Waals surface area contributed by atoms with Gasteiger partial charge in [0.2, 0.25) is 0 Å². The second kappa shape index (κ2) is 5.70. The summed E-state index contributed by atoms with van der Waals surface area (Å²) < 4.78 is 17.9. The van der Waals surface area contributed by atoms with Crippen molar-refractivity contribution >= 4 is 0 Å². The second-order valence-electron chi connectivity index (χ2n) is 2.93. The number of nitrogens with two attached hydrogens (primary N) is 1. The summed E-state index contributed by atoms with van der Waals surface area (Å²) in [5.41, 5.74) is 3.54. The normalized spacial score (nSPS) is 12.8. The Morgan fingerprint density at radius 2 is 2.07 bits per heavy atom. The zero-order chi connectivity index (χ0) is 10.4. The van der Waals surface area contributed by atoms with Crippen molar-refractivity contribution in [3.63, 3.8) is 0 Å². The predicted octanol–water partition coefficient (Wildman–Crippen LogP) is 1.37. The van der Waals surface area contributed by atoms with Crippen molar-refractivity contribution in [3.05, 3.63) is 35.6 Å². The molecule has 0 bridgehead atoms. The molecule has 0 aromatic heterocycles. The van der Waals surface area contributed by atoms with Gasteiger partial charge in [-0.1, -0.05) is 12.1 Å². The van der Waals surface area contributed by atoms with E-state index < -0.39 is 0 Å². The second-order valence-corrected chi connectivity index (χ2v) is 2.93. The first-order valence-electron chi connectivity index (χ1n) is 4.57. The van der Waals surface area contributed by atoms with Crippen molar-refractivity contribution in [3.8, 4) is 0 Å². The topological polar surface area (TPSA) is 47.3 Å². The monoisotopic (exact) mass is 198 g/mol. The molecule has 0 spiro atoms. The van der Waals surface area contributed by atoms with Crippen LogP contribution >= 0.6 is 0 Å². The lowest BCUT2D eigenvalue weighted by Gasteiger charge is -2.15. The Hall–Kier alpha value is -0.970. The van der Waals surface area contributed by atoms with Gasteiger partial charge in [0, 0.05) is 6.61 Å². The fourth-order valence-corrected chi connectivity index (χ4v) is 1.17. The van der Waals surface area contributed by atoms with Crippen molar-refractivity contribution in [1.29, 1.82) is 0 Å². The molecule has 0 saturated heterocycles. The molecule has 0 aliphatic carbocycles. The Morgan fingerprint density at radius 3 is 2.57 bits per heavy atom. The Morgan fingerprint density at radius 1 is 1.43 bits per heavy atom. The van der Waals surface area contributed by atoms with E-state index in [-0.39, 0.29) is 11.9 Å². The molecule has 1 aromatic rings. The summed E-state index contributed by atoms with van der Waals surface area (Å²) >= 11 is 0. The fraction of sp³-hybridized carbons (Fsp3) is 0.400. The van der Waals surface area contributed by atoms with Crippen LogP contribution < -0.4 is 11.3 Å². The zero-order valence-electron chi connectivity index (χ0n) is 8.16. The van der Waals surface area contributed by atoms with Crippen LogP contribution in [0.15, 0.2) is 24.3 Å². The lowest BCUT2D eigenvalue weighted by Crippen LogP contribution is -2.31. The van der Waals surface area contributed by atoms with Crippen molar-refractivity contribution in [2.75, 3.05) is 13.2 Å². The molecule has 4 heteroatoms. The Labute approximate surface area is 83.0 Å². The van der Waals surface area contributed by atoms with Gasteiger partial charge in [0.1, 0.15) is 5.82 Å². The van der Waals surface area contributed by atoms with E-state index in [1.165, 1.54) is 12.1 Å². The quantitative estimate of drug-likeness (QED) is 0.555. The Bertz CT molecular complexity index is 263. The van der Waals surface area contributed by atoms with Crippen LogP contribution in [0.4, 0.5) is 4.39 Å². The van der Waals surface area contributed by atoms with Crippen LogP contribution in [0, 0.1) is 5.82 Å². The highest BCUT2D eigenvalue weighted by molar-refractivity contribution is 5.19. The van der Waals surface area contributed by atoms with Gasteiger partial charge in [0.25, 0.3) is 0 Å². The van der Waals surface area contributed by atoms with E-state index in [9.17, 15) is 4.39 Å². The zero-order valence-corrected chi connectivity index (χ0v) is 8.16. The van der Waals surface area contributed by atoms with E-state index in [1.807, 2.05) is 6.92 Å². The van der Waals surface area contributed by atoms with Crippen LogP contribution in [-0.2, 0) is 4.74 Å². The van der Waals surface area contributed by atoms with Gasteiger partial charge >= 0.3 is 0 Å². The van der Waals surface area contributed by atoms with Crippen molar-refractivity contribution in [2.45, 2.75) is 13.0 Å². The molecule has 0 heterocycles. The number of benzene rings is 1. The molecule has 0 fully saturated rings. The van der Waals surface area contributed by atoms with Crippen LogP contribution in [0.25, 0.3) is 0 Å². The van der Waals surface area contributed by atoms with E-state index in [2.05, 4.69) is 5.43 Å². The molecule has 3 nitrogen and oxygen atoms in total. The Kier molecular flexibility index (Phi) is 4.52. The molecule has 1 rings (SSSR count). The van der Waals surface area contributed by atoms with E-state index in [0.717, 1.165) is 5.56 Å². The summed E-state index contributed by atoms with van der Waals surface area (Å²) in [6, 6.07) is 6.12. The van der Waals surface area contributed by atoms with Crippen LogP contribution in [0.2, 0.25) is 0 Å². The molecule has 0 aliphatic heterocycles. The summed E-state index contributed by atoms with van der Waals surface area (Å²) in [5.74, 6) is 5.11. The minimum atomic E-state index is -0.249. The fourth-order valence-electron chi connectivity index (χ4n) is 1.17. The molecular weight excluding hydrogens is 183 g/mol. The summed E-state index contributed by atoms with van der Waals surface area (Å²) in [6.07, 6.45) is 0. The maximum atomic E-state index is 12.6. The predicted molar refractivity (Wildman–Crippen MR) is 53.0 cm³/mol. The Balaban J connectivity index is 2.64. The van der Waals surface area contributed by atoms with Gasteiger partial charge in [-0.05, 0) is 24.6 Å². The molecule has 3 N–H and O–H groups in total. The molecule has 0 radical (unpaired) electrons. The molecule has 14 heavy (non-hydrogen) atoms. The van der Waals surface area contributed by atoms with Crippen LogP contribution in [-0.4, -0.2) is 13.2 Å². The third-order valence-electron chi connectivity index (χ3n) is 1.96. The van der Waals surface area contributed by atoms with Crippen LogP contribution in [0.3, 0.4) is 0 Å². The maximum Gasteiger partial charge on any atom is 0.123 e. The number of rotatable bonds is 5. The lowest BCUT2D eigenvalue weighted by atomic mass is 10.1. The molecule has 0 amide bonds. The molecular formula is C10H15FN2O. The average molecular weight is 198 g/mol. The molecule has 0 saturated carbocycles. The van der Waals surface area contributed by atoms with Gasteiger partial charge < -0.3 is 4.74 Å². The van der Waals surface area contributed by atoms with E-state index in [0.29, 0.717) is 13.2 Å². The number of hydrogen-bond acceptors (Lipinski definition) is 3. The highest BCUT2D eigenvalue weighted by atomic mass is 19.1. The molecule has 1 atom stereocenters. The molecule has 0 aliphatic rings. The minimum absolute atomic E-state index is 0.0875. The van der Waals surface area contributed by atoms with Gasteiger partial charge in [0.05, 0.1) is 12.6 Å². The first kappa shape index (κ1) is 11.1. The van der Waals surface area contributed by atoms with Gasteiger partial charge in [-0.3, -0.25) is 11.3 Å². The van der Waals surface area contributed by atoms with Gasteiger partial charge in [-0.2, -0.15) is 0 Å². The van der Waals surface area contributed by atoms with Gasteiger partial charge in [-0.15, -0.1) is 0 Å². The number of nitrogens with one attached hydrogen (secondary N) is 1. The SMILES string of the molecule is CCOCC(NN)c1ccc(F)cc1. The summed E-state index contributed by atoms with van der Waals surface area (Å²) in [5, 5.41) is 0. The van der Waals surface area contributed by atoms with Gasteiger partial charge in [0.15, 0.2) is 0 Å². The van der Waals surface area contributed by atoms with E-state index in [1.54, 1.807) is 12.1 Å². The van der Waals surface area contributed by atoms with E-state index >= 15 is 0 Å². The van der Waals surface area contributed by atoms with Crippen LogP contribution in [0.1, 0.15) is 18.5 Å². The smallest absolute Gasteiger partial charge is 0.123 e. The van der Waals surface area contributed by atoms with Crippen molar-refractivity contribution in [1.82, 2.24) is 5.43 Å². The van der Waals surface area contributed by atoms with Crippen molar-refractivity contribution in [2.24, 2.45) is 5.84 Å². The third kappa shape index (κ3) is 3.06. The number of ether oxygens (including phenoxy) is 1. The van der Waals surface area contributed by atoms with Crippen LogP contribution in [0.5, 0.6) is 0 Å². The third-order valence-corrected chi connectivity index (χ3v) is 1.96. The average Bonchev–Trinajstić information content (AvgIpc) is 2.21. The number of hydrogen-bond donors (Lipinski definition) is 2. The van der Waals surface area contributed by atoms with E-state index in [4.69, 9.17) is 10.6 Å². The standard InChI is InChI=1S/C10H15FN2O/c1-2-14-7-10(13-12)8-3-5-9(11)6-4-8/h3-6,10,13H,2,7,12H2,1H3. The van der Waals surface area contributed by atoms with Gasteiger partial charge in [-0.25, -0.2) is 4.39 Å². The maximum absolute atomic E-state index is 12.6.